The van der Waals surface area contributed by atoms with Crippen molar-refractivity contribution < 1.29 is 24.9 Å². The van der Waals surface area contributed by atoms with Crippen molar-refractivity contribution >= 4 is 11.9 Å². The average molecular weight is 405 g/mol. The molecule has 29 heavy (non-hydrogen) atoms. The van der Waals surface area contributed by atoms with Crippen molar-refractivity contribution in [3.8, 4) is 11.4 Å². The lowest BCUT2D eigenvalue weighted by molar-refractivity contribution is -0.135. The number of nitrogens with one attached hydrogen (secondary N) is 1. The number of aromatic nitrogens is 2. The van der Waals surface area contributed by atoms with Crippen LogP contribution in [0.1, 0.15) is 45.6 Å². The molecule has 2 heterocycles. The predicted molar refractivity (Wildman–Crippen MR) is 111 cm³/mol. The number of β-amino-alcohol motifs (C(OH)–C–C–N with tert-alkyl or cyclic N) is 1. The molecule has 2 aromatic rings. The summed E-state index contributed by atoms with van der Waals surface area (Å²) in [4.78, 5) is 22.5. The summed E-state index contributed by atoms with van der Waals surface area (Å²) >= 11 is 0. The maximum absolute atomic E-state index is 10.5. The summed E-state index contributed by atoms with van der Waals surface area (Å²) in [5.41, 5.74) is 1.77. The van der Waals surface area contributed by atoms with Gasteiger partial charge in [-0.25, -0.2) is 4.98 Å². The summed E-state index contributed by atoms with van der Waals surface area (Å²) in [6.45, 7) is 8.67. The highest BCUT2D eigenvalue weighted by atomic mass is 16.4. The van der Waals surface area contributed by atoms with Crippen molar-refractivity contribution in [2.45, 2.75) is 52.2 Å². The Bertz CT molecular complexity index is 758. The topological polar surface area (TPSA) is 125 Å². The summed E-state index contributed by atoms with van der Waals surface area (Å²) in [6.07, 6.45) is 4.54. The molecule has 1 fully saturated rings. The average Bonchev–Trinajstić information content (AvgIpc) is 3.23. The Morgan fingerprint density at radius 3 is 2.17 bits per heavy atom. The number of hydrogen-bond donors (Lipinski definition) is 4. The molecule has 4 N–H and O–H groups in total. The largest absolute Gasteiger partial charge is 0.481 e. The lowest BCUT2D eigenvalue weighted by Gasteiger charge is -2.23. The number of rotatable bonds is 4. The number of hydrogen-bond acceptors (Lipinski definition) is 5. The number of aliphatic hydroxyl groups is 1. The van der Waals surface area contributed by atoms with E-state index < -0.39 is 17.5 Å². The van der Waals surface area contributed by atoms with E-state index in [1.807, 2.05) is 6.20 Å². The van der Waals surface area contributed by atoms with Crippen LogP contribution in [0.4, 0.5) is 0 Å². The Kier molecular flexibility index (Phi) is 9.50. The van der Waals surface area contributed by atoms with E-state index in [2.05, 4.69) is 53.0 Å². The SMILES string of the molecule is CC(=O)O.CC(=O)O.CC(C)c1ccc(-c2nccn2CC2(O)CCNC2)cc1. The van der Waals surface area contributed by atoms with Gasteiger partial charge in [0.15, 0.2) is 0 Å². The first kappa shape index (κ1) is 24.3. The standard InChI is InChI=1S/C17H23N3O.2C2H4O2/c1-13(2)14-3-5-15(6-4-14)16-19-9-10-20(16)12-17(21)7-8-18-11-17;2*1-2(3)4/h3-6,9-10,13,18,21H,7-8,11-12H2,1-2H3;2*1H3,(H,3,4). The molecular formula is C21H31N3O5. The minimum absolute atomic E-state index is 0.532. The monoisotopic (exact) mass is 405 g/mol. The smallest absolute Gasteiger partial charge is 0.300 e. The fraction of sp³-hybridized carbons (Fsp3) is 0.476. The molecule has 0 radical (unpaired) electrons. The Balaban J connectivity index is 0.000000452. The van der Waals surface area contributed by atoms with Gasteiger partial charge < -0.3 is 25.2 Å². The minimum Gasteiger partial charge on any atom is -0.481 e. The van der Waals surface area contributed by atoms with Crippen molar-refractivity contribution in [3.63, 3.8) is 0 Å². The molecular weight excluding hydrogens is 374 g/mol. The number of imidazole rings is 1. The first-order chi connectivity index (χ1) is 13.5. The van der Waals surface area contributed by atoms with Crippen LogP contribution in [0.3, 0.4) is 0 Å². The predicted octanol–water partition coefficient (Wildman–Crippen LogP) is 2.58. The number of nitrogens with zero attached hydrogens (tertiary/aromatic N) is 2. The first-order valence-electron chi connectivity index (χ1n) is 9.47. The number of benzene rings is 1. The molecule has 1 unspecified atom stereocenters. The van der Waals surface area contributed by atoms with E-state index in [0.29, 0.717) is 19.0 Å². The van der Waals surface area contributed by atoms with Crippen LogP contribution < -0.4 is 5.32 Å². The molecule has 8 heteroatoms. The van der Waals surface area contributed by atoms with Crippen LogP contribution in [0.2, 0.25) is 0 Å². The fourth-order valence-corrected chi connectivity index (χ4v) is 2.90. The minimum atomic E-state index is -0.833. The molecule has 1 aliphatic rings. The van der Waals surface area contributed by atoms with Gasteiger partial charge in [0.05, 0.1) is 12.1 Å². The van der Waals surface area contributed by atoms with Gasteiger partial charge in [-0.05, 0) is 24.4 Å². The van der Waals surface area contributed by atoms with E-state index in [4.69, 9.17) is 19.8 Å². The Morgan fingerprint density at radius 2 is 1.72 bits per heavy atom. The maximum atomic E-state index is 10.5. The Labute approximate surface area is 171 Å². The molecule has 1 aromatic heterocycles. The molecule has 0 saturated carbocycles. The van der Waals surface area contributed by atoms with Crippen LogP contribution in [0.5, 0.6) is 0 Å². The third kappa shape index (κ3) is 8.89. The van der Waals surface area contributed by atoms with Gasteiger partial charge in [-0.3, -0.25) is 9.59 Å². The van der Waals surface area contributed by atoms with Gasteiger partial charge in [-0.1, -0.05) is 38.1 Å². The van der Waals surface area contributed by atoms with E-state index in [1.165, 1.54) is 5.56 Å². The normalized spacial score (nSPS) is 17.7. The molecule has 0 amide bonds. The maximum Gasteiger partial charge on any atom is 0.300 e. The quantitative estimate of drug-likeness (QED) is 0.616. The molecule has 160 valence electrons. The summed E-state index contributed by atoms with van der Waals surface area (Å²) < 4.78 is 2.05. The second-order valence-corrected chi connectivity index (χ2v) is 7.34. The van der Waals surface area contributed by atoms with Gasteiger partial charge in [0.1, 0.15) is 5.82 Å². The molecule has 0 bridgehead atoms. The Hall–Kier alpha value is -2.71. The second kappa shape index (κ2) is 11.3. The highest BCUT2D eigenvalue weighted by Gasteiger charge is 2.32. The van der Waals surface area contributed by atoms with Gasteiger partial charge in [0, 0.05) is 38.3 Å². The van der Waals surface area contributed by atoms with Crippen molar-refractivity contribution in [2.24, 2.45) is 0 Å². The first-order valence-corrected chi connectivity index (χ1v) is 9.47. The van der Waals surface area contributed by atoms with Crippen LogP contribution in [-0.2, 0) is 16.1 Å². The third-order valence-electron chi connectivity index (χ3n) is 4.24. The van der Waals surface area contributed by atoms with Crippen LogP contribution in [0, 0.1) is 0 Å². The molecule has 1 saturated heterocycles. The number of aliphatic carboxylic acids is 2. The summed E-state index contributed by atoms with van der Waals surface area (Å²) in [5.74, 6) is -0.213. The highest BCUT2D eigenvalue weighted by molar-refractivity contribution is 5.63. The van der Waals surface area contributed by atoms with E-state index in [1.54, 1.807) is 6.20 Å². The van der Waals surface area contributed by atoms with Gasteiger partial charge in [-0.15, -0.1) is 0 Å². The van der Waals surface area contributed by atoms with Crippen LogP contribution >= 0.6 is 0 Å². The molecule has 1 aromatic carbocycles. The molecule has 3 rings (SSSR count). The third-order valence-corrected chi connectivity index (χ3v) is 4.24. The summed E-state index contributed by atoms with van der Waals surface area (Å²) in [7, 11) is 0. The van der Waals surface area contributed by atoms with Crippen molar-refractivity contribution in [3.05, 3.63) is 42.2 Å². The van der Waals surface area contributed by atoms with Crippen molar-refractivity contribution in [1.29, 1.82) is 0 Å². The zero-order chi connectivity index (χ0) is 22.0. The lowest BCUT2D eigenvalue weighted by Crippen LogP contribution is -2.36. The zero-order valence-electron chi connectivity index (χ0n) is 17.4. The number of carboxylic acids is 2. The van der Waals surface area contributed by atoms with Crippen molar-refractivity contribution in [2.75, 3.05) is 13.1 Å². The molecule has 1 aliphatic heterocycles. The molecule has 1 atom stereocenters. The van der Waals surface area contributed by atoms with E-state index in [9.17, 15) is 5.11 Å². The highest BCUT2D eigenvalue weighted by Crippen LogP contribution is 2.24. The van der Waals surface area contributed by atoms with Crippen molar-refractivity contribution in [1.82, 2.24) is 14.9 Å². The summed E-state index contributed by atoms with van der Waals surface area (Å²) in [6, 6.07) is 8.55. The van der Waals surface area contributed by atoms with E-state index in [-0.39, 0.29) is 0 Å². The second-order valence-electron chi connectivity index (χ2n) is 7.34. The van der Waals surface area contributed by atoms with Gasteiger partial charge in [0.2, 0.25) is 0 Å². The van der Waals surface area contributed by atoms with Gasteiger partial charge in [0.25, 0.3) is 11.9 Å². The summed E-state index contributed by atoms with van der Waals surface area (Å²) in [5, 5.41) is 28.6. The zero-order valence-corrected chi connectivity index (χ0v) is 17.4. The lowest BCUT2D eigenvalue weighted by atomic mass is 10.0. The fourth-order valence-electron chi connectivity index (χ4n) is 2.90. The number of carbonyl (C=O) groups is 2. The molecule has 0 spiro atoms. The van der Waals surface area contributed by atoms with Crippen LogP contribution in [-0.4, -0.2) is 55.5 Å². The van der Waals surface area contributed by atoms with Gasteiger partial charge >= 0.3 is 0 Å². The molecule has 0 aliphatic carbocycles. The van der Waals surface area contributed by atoms with Crippen LogP contribution in [0.25, 0.3) is 11.4 Å². The van der Waals surface area contributed by atoms with Gasteiger partial charge in [-0.2, -0.15) is 0 Å². The Morgan fingerprint density at radius 1 is 1.17 bits per heavy atom. The molecule has 8 nitrogen and oxygen atoms in total. The van der Waals surface area contributed by atoms with E-state index in [0.717, 1.165) is 38.2 Å². The number of carboxylic acid groups (broad SMARTS) is 2. The van der Waals surface area contributed by atoms with Crippen LogP contribution in [0.15, 0.2) is 36.7 Å². The van der Waals surface area contributed by atoms with E-state index >= 15 is 0 Å².